The summed E-state index contributed by atoms with van der Waals surface area (Å²) < 4.78 is 4.75. The summed E-state index contributed by atoms with van der Waals surface area (Å²) in [5.74, 6) is 0.165. The van der Waals surface area contributed by atoms with Crippen LogP contribution in [0.2, 0.25) is 0 Å². The highest BCUT2D eigenvalue weighted by Gasteiger charge is 2.15. The Morgan fingerprint density at radius 3 is 2.84 bits per heavy atom. The minimum Gasteiger partial charge on any atom is -0.465 e. The largest absolute Gasteiger partial charge is 0.465 e. The van der Waals surface area contributed by atoms with Gasteiger partial charge in [-0.1, -0.05) is 0 Å². The maximum Gasteiger partial charge on any atom is 0.341 e. The van der Waals surface area contributed by atoms with Crippen molar-refractivity contribution in [3.05, 3.63) is 45.8 Å². The summed E-state index contributed by atoms with van der Waals surface area (Å²) in [5, 5.41) is 3.25. The fourth-order valence-corrected chi connectivity index (χ4v) is 2.64. The Morgan fingerprint density at radius 1 is 1.42 bits per heavy atom. The van der Waals surface area contributed by atoms with Gasteiger partial charge >= 0.3 is 5.97 Å². The fraction of sp³-hybridized carbons (Fsp3) is 0.286. The summed E-state index contributed by atoms with van der Waals surface area (Å²) in [7, 11) is 1.37. The quantitative estimate of drug-likeness (QED) is 0.869. The Balaban J connectivity index is 2.21. The molecule has 0 saturated carbocycles. The number of anilines is 1. The molecule has 0 aliphatic carbocycles. The first-order chi connectivity index (χ1) is 9.11. The molecule has 1 unspecified atom stereocenters. The molecule has 19 heavy (non-hydrogen) atoms. The third-order valence-corrected chi connectivity index (χ3v) is 3.94. The second-order valence-corrected chi connectivity index (χ2v) is 5.53. The van der Waals surface area contributed by atoms with E-state index in [2.05, 4.69) is 29.4 Å². The van der Waals surface area contributed by atoms with E-state index in [-0.39, 0.29) is 12.0 Å². The Kier molecular flexibility index (Phi) is 4.16. The smallest absolute Gasteiger partial charge is 0.341 e. The minimum atomic E-state index is -0.384. The number of rotatable bonds is 4. The molecule has 1 atom stereocenters. The van der Waals surface area contributed by atoms with Gasteiger partial charge in [0.05, 0.1) is 13.2 Å². The second kappa shape index (κ2) is 5.84. The van der Waals surface area contributed by atoms with Crippen molar-refractivity contribution in [2.45, 2.75) is 19.9 Å². The van der Waals surface area contributed by atoms with Gasteiger partial charge in [-0.15, -0.1) is 11.3 Å². The van der Waals surface area contributed by atoms with Gasteiger partial charge in [-0.25, -0.2) is 9.78 Å². The van der Waals surface area contributed by atoms with Crippen LogP contribution >= 0.6 is 11.3 Å². The number of esters is 1. The third kappa shape index (κ3) is 3.12. The van der Waals surface area contributed by atoms with Crippen molar-refractivity contribution in [1.29, 1.82) is 0 Å². The lowest BCUT2D eigenvalue weighted by atomic mass is 10.2. The fourth-order valence-electron chi connectivity index (χ4n) is 1.76. The number of carbonyl (C=O) groups is 1. The molecule has 0 spiro atoms. The second-order valence-electron chi connectivity index (χ2n) is 4.21. The van der Waals surface area contributed by atoms with Gasteiger partial charge in [0.25, 0.3) is 0 Å². The van der Waals surface area contributed by atoms with Gasteiger partial charge < -0.3 is 10.1 Å². The van der Waals surface area contributed by atoms with E-state index < -0.39 is 0 Å². The molecule has 2 aromatic heterocycles. The summed E-state index contributed by atoms with van der Waals surface area (Å²) in [6, 6.07) is 7.68. The number of nitrogens with one attached hydrogen (secondary N) is 1. The first-order valence-electron chi connectivity index (χ1n) is 5.98. The number of nitrogens with zero attached hydrogens (tertiary/aromatic N) is 1. The van der Waals surface area contributed by atoms with Crippen LogP contribution in [0.15, 0.2) is 30.5 Å². The normalized spacial score (nSPS) is 11.9. The van der Waals surface area contributed by atoms with E-state index in [0.29, 0.717) is 11.4 Å². The SMILES string of the molecule is COC(=O)c1cccnc1NC(C)c1ccc(C)s1. The molecule has 2 aromatic rings. The van der Waals surface area contributed by atoms with Crippen LogP contribution in [0, 0.1) is 6.92 Å². The van der Waals surface area contributed by atoms with Crippen molar-refractivity contribution in [2.24, 2.45) is 0 Å². The van der Waals surface area contributed by atoms with E-state index in [4.69, 9.17) is 4.74 Å². The zero-order valence-corrected chi connectivity index (χ0v) is 12.0. The highest BCUT2D eigenvalue weighted by atomic mass is 32.1. The van der Waals surface area contributed by atoms with Crippen LogP contribution in [0.4, 0.5) is 5.82 Å². The predicted molar refractivity (Wildman–Crippen MR) is 76.7 cm³/mol. The minimum absolute atomic E-state index is 0.0945. The molecule has 0 bridgehead atoms. The van der Waals surface area contributed by atoms with E-state index in [1.54, 1.807) is 29.7 Å². The van der Waals surface area contributed by atoms with Crippen LogP contribution in [0.3, 0.4) is 0 Å². The summed E-state index contributed by atoms with van der Waals surface area (Å²) in [6.07, 6.45) is 1.65. The van der Waals surface area contributed by atoms with Crippen LogP contribution < -0.4 is 5.32 Å². The summed E-state index contributed by atoms with van der Waals surface area (Å²) in [5.41, 5.74) is 0.449. The topological polar surface area (TPSA) is 51.2 Å². The van der Waals surface area contributed by atoms with Crippen molar-refractivity contribution in [3.63, 3.8) is 0 Å². The van der Waals surface area contributed by atoms with Crippen molar-refractivity contribution in [3.8, 4) is 0 Å². The van der Waals surface area contributed by atoms with E-state index in [0.717, 1.165) is 0 Å². The molecular formula is C14H16N2O2S. The molecule has 4 nitrogen and oxygen atoms in total. The molecule has 2 rings (SSSR count). The molecule has 0 radical (unpaired) electrons. The standard InChI is InChI=1S/C14H16N2O2S/c1-9-6-7-12(19-9)10(2)16-13-11(14(17)18-3)5-4-8-15-13/h4-8,10H,1-3H3,(H,15,16). The Bertz CT molecular complexity index is 580. The van der Waals surface area contributed by atoms with Gasteiger partial charge in [0.15, 0.2) is 0 Å². The van der Waals surface area contributed by atoms with Crippen molar-refractivity contribution >= 4 is 23.1 Å². The number of thiophene rings is 1. The molecule has 0 amide bonds. The van der Waals surface area contributed by atoms with E-state index in [1.165, 1.54) is 16.9 Å². The monoisotopic (exact) mass is 276 g/mol. The molecule has 0 saturated heterocycles. The molecule has 5 heteroatoms. The van der Waals surface area contributed by atoms with E-state index >= 15 is 0 Å². The zero-order chi connectivity index (χ0) is 13.8. The Morgan fingerprint density at radius 2 is 2.21 bits per heavy atom. The number of hydrogen-bond acceptors (Lipinski definition) is 5. The van der Waals surface area contributed by atoms with Crippen LogP contribution in [-0.2, 0) is 4.74 Å². The maximum atomic E-state index is 11.7. The van der Waals surface area contributed by atoms with Gasteiger partial charge in [-0.2, -0.15) is 0 Å². The number of hydrogen-bond donors (Lipinski definition) is 1. The van der Waals surface area contributed by atoms with Gasteiger partial charge in [0.2, 0.25) is 0 Å². The summed E-state index contributed by atoms with van der Waals surface area (Å²) >= 11 is 1.73. The van der Waals surface area contributed by atoms with Gasteiger partial charge in [0.1, 0.15) is 11.4 Å². The first-order valence-corrected chi connectivity index (χ1v) is 6.79. The molecule has 0 fully saturated rings. The average Bonchev–Trinajstić information content (AvgIpc) is 2.85. The molecule has 0 aromatic carbocycles. The number of methoxy groups -OCH3 is 1. The number of aromatic nitrogens is 1. The molecular weight excluding hydrogens is 260 g/mol. The molecule has 0 aliphatic heterocycles. The molecule has 1 N–H and O–H groups in total. The maximum absolute atomic E-state index is 11.7. The van der Waals surface area contributed by atoms with Crippen molar-refractivity contribution < 1.29 is 9.53 Å². The summed E-state index contributed by atoms with van der Waals surface area (Å²) in [4.78, 5) is 18.3. The van der Waals surface area contributed by atoms with E-state index in [1.807, 2.05) is 6.92 Å². The van der Waals surface area contributed by atoms with Crippen molar-refractivity contribution in [2.75, 3.05) is 12.4 Å². The highest BCUT2D eigenvalue weighted by Crippen LogP contribution is 2.26. The Labute approximate surface area is 116 Å². The van der Waals surface area contributed by atoms with Crippen LogP contribution in [0.1, 0.15) is 33.1 Å². The lowest BCUT2D eigenvalue weighted by Crippen LogP contribution is -2.12. The number of carbonyl (C=O) groups excluding carboxylic acids is 1. The third-order valence-electron chi connectivity index (χ3n) is 2.75. The highest BCUT2D eigenvalue weighted by molar-refractivity contribution is 7.12. The van der Waals surface area contributed by atoms with Gasteiger partial charge in [-0.3, -0.25) is 0 Å². The van der Waals surface area contributed by atoms with Crippen LogP contribution in [0.5, 0.6) is 0 Å². The molecule has 0 aliphatic rings. The number of pyridine rings is 1. The van der Waals surface area contributed by atoms with Crippen LogP contribution in [0.25, 0.3) is 0 Å². The van der Waals surface area contributed by atoms with Crippen molar-refractivity contribution in [1.82, 2.24) is 4.98 Å². The lowest BCUT2D eigenvalue weighted by molar-refractivity contribution is 0.0601. The van der Waals surface area contributed by atoms with Gasteiger partial charge in [0, 0.05) is 16.0 Å². The summed E-state index contributed by atoms with van der Waals surface area (Å²) in [6.45, 7) is 4.11. The van der Waals surface area contributed by atoms with Gasteiger partial charge in [-0.05, 0) is 38.1 Å². The first kappa shape index (κ1) is 13.5. The average molecular weight is 276 g/mol. The lowest BCUT2D eigenvalue weighted by Gasteiger charge is -2.15. The van der Waals surface area contributed by atoms with E-state index in [9.17, 15) is 4.79 Å². The predicted octanol–water partition coefficient (Wildman–Crippen LogP) is 3.41. The molecule has 100 valence electrons. The van der Waals surface area contributed by atoms with Crippen LogP contribution in [-0.4, -0.2) is 18.1 Å². The molecule has 2 heterocycles. The zero-order valence-electron chi connectivity index (χ0n) is 11.1. The Hall–Kier alpha value is -1.88. The number of aryl methyl sites for hydroxylation is 1. The number of ether oxygens (including phenoxy) is 1.